The lowest BCUT2D eigenvalue weighted by Gasteiger charge is -2.18. The van der Waals surface area contributed by atoms with Gasteiger partial charge in [0.05, 0.1) is 5.56 Å². The van der Waals surface area contributed by atoms with Gasteiger partial charge in [0.2, 0.25) is 0 Å². The van der Waals surface area contributed by atoms with Gasteiger partial charge in [-0.3, -0.25) is 4.79 Å². The zero-order valence-electron chi connectivity index (χ0n) is 10.7. The molecule has 3 N–H and O–H groups in total. The Kier molecular flexibility index (Phi) is 4.74. The molecule has 0 aliphatic rings. The summed E-state index contributed by atoms with van der Waals surface area (Å²) in [6, 6.07) is 1.73. The van der Waals surface area contributed by atoms with Gasteiger partial charge in [-0.1, -0.05) is 13.8 Å². The van der Waals surface area contributed by atoms with Gasteiger partial charge in [-0.2, -0.15) is 13.2 Å². The number of pyridine rings is 1. The van der Waals surface area contributed by atoms with E-state index in [1.54, 1.807) is 0 Å². The van der Waals surface area contributed by atoms with E-state index in [2.05, 4.69) is 10.3 Å². The summed E-state index contributed by atoms with van der Waals surface area (Å²) in [6.07, 6.45) is -3.15. The molecule has 0 fully saturated rings. The van der Waals surface area contributed by atoms with Crippen molar-refractivity contribution < 1.29 is 18.0 Å². The average Bonchev–Trinajstić information content (AvgIpc) is 2.34. The number of halogens is 3. The Bertz CT molecular complexity index is 456. The first-order chi connectivity index (χ1) is 8.79. The van der Waals surface area contributed by atoms with Gasteiger partial charge in [-0.15, -0.1) is 0 Å². The molecule has 1 aromatic rings. The minimum absolute atomic E-state index is 0.0418. The molecule has 0 aliphatic carbocycles. The first-order valence-electron chi connectivity index (χ1n) is 5.94. The third-order valence-electron chi connectivity index (χ3n) is 2.78. The number of nitrogens with two attached hydrogens (primary N) is 1. The van der Waals surface area contributed by atoms with Gasteiger partial charge in [-0.05, 0) is 25.0 Å². The molecule has 0 aromatic carbocycles. The highest BCUT2D eigenvalue weighted by Gasteiger charge is 2.33. The summed E-state index contributed by atoms with van der Waals surface area (Å²) >= 11 is 0. The number of alkyl halides is 3. The zero-order chi connectivity index (χ0) is 14.6. The number of hydrogen-bond acceptors (Lipinski definition) is 3. The number of aromatic nitrogens is 1. The number of amides is 1. The van der Waals surface area contributed by atoms with E-state index < -0.39 is 17.8 Å². The van der Waals surface area contributed by atoms with Crippen molar-refractivity contribution in [3.05, 3.63) is 23.4 Å². The molecule has 4 nitrogen and oxygen atoms in total. The van der Waals surface area contributed by atoms with E-state index in [9.17, 15) is 18.0 Å². The molecule has 106 valence electrons. The molecule has 1 amide bonds. The number of anilines is 1. The molecule has 1 aromatic heterocycles. The summed E-state index contributed by atoms with van der Waals surface area (Å²) in [5, 5.41) is 2.83. The van der Waals surface area contributed by atoms with Gasteiger partial charge in [0.25, 0.3) is 5.91 Å². The summed E-state index contributed by atoms with van der Waals surface area (Å²) in [5.74, 6) is -0.925. The van der Waals surface area contributed by atoms with Crippen LogP contribution < -0.4 is 11.1 Å². The molecule has 0 atom stereocenters. The van der Waals surface area contributed by atoms with E-state index >= 15 is 0 Å². The largest absolute Gasteiger partial charge is 0.433 e. The molecule has 0 radical (unpaired) electrons. The Morgan fingerprint density at radius 2 is 1.95 bits per heavy atom. The van der Waals surface area contributed by atoms with Crippen LogP contribution in [0.2, 0.25) is 0 Å². The van der Waals surface area contributed by atoms with Crippen LogP contribution in [0, 0.1) is 0 Å². The van der Waals surface area contributed by atoms with Crippen LogP contribution >= 0.6 is 0 Å². The lowest BCUT2D eigenvalue weighted by atomic mass is 10.1. The Labute approximate surface area is 109 Å². The van der Waals surface area contributed by atoms with Crippen molar-refractivity contribution in [2.24, 2.45) is 5.73 Å². The topological polar surface area (TPSA) is 68.0 Å². The second-order valence-electron chi connectivity index (χ2n) is 4.11. The SMILES string of the molecule is CCC(CC)Nc1nc(C(F)(F)F)ccc1C(N)=O. The summed E-state index contributed by atoms with van der Waals surface area (Å²) < 4.78 is 37.8. The molecule has 0 bridgehead atoms. The maximum Gasteiger partial charge on any atom is 0.433 e. The minimum atomic E-state index is -4.56. The molecule has 1 rings (SSSR count). The summed E-state index contributed by atoms with van der Waals surface area (Å²) in [7, 11) is 0. The number of hydrogen-bond donors (Lipinski definition) is 2. The van der Waals surface area contributed by atoms with Crippen molar-refractivity contribution in [2.45, 2.75) is 38.9 Å². The summed E-state index contributed by atoms with van der Waals surface area (Å²) in [4.78, 5) is 14.7. The van der Waals surface area contributed by atoms with Crippen LogP contribution in [0.1, 0.15) is 42.7 Å². The van der Waals surface area contributed by atoms with Crippen molar-refractivity contribution in [2.75, 3.05) is 5.32 Å². The van der Waals surface area contributed by atoms with Crippen LogP contribution in [0.15, 0.2) is 12.1 Å². The fraction of sp³-hybridized carbons (Fsp3) is 0.500. The third kappa shape index (κ3) is 3.84. The zero-order valence-corrected chi connectivity index (χ0v) is 10.7. The molecule has 0 saturated carbocycles. The van der Waals surface area contributed by atoms with Crippen molar-refractivity contribution in [1.29, 1.82) is 0 Å². The molecular formula is C12H16F3N3O. The molecule has 1 heterocycles. The molecule has 0 saturated heterocycles. The van der Waals surface area contributed by atoms with Gasteiger partial charge in [0.15, 0.2) is 0 Å². The first kappa shape index (κ1) is 15.3. The van der Waals surface area contributed by atoms with Crippen molar-refractivity contribution in [3.63, 3.8) is 0 Å². The first-order valence-corrected chi connectivity index (χ1v) is 5.94. The van der Waals surface area contributed by atoms with Gasteiger partial charge in [0, 0.05) is 6.04 Å². The fourth-order valence-electron chi connectivity index (χ4n) is 1.61. The normalized spacial score (nSPS) is 11.7. The van der Waals surface area contributed by atoms with E-state index in [0.29, 0.717) is 12.8 Å². The lowest BCUT2D eigenvalue weighted by molar-refractivity contribution is -0.141. The quantitative estimate of drug-likeness (QED) is 0.868. The van der Waals surface area contributed by atoms with Crippen LogP contribution in [-0.4, -0.2) is 16.9 Å². The highest BCUT2D eigenvalue weighted by atomic mass is 19.4. The van der Waals surface area contributed by atoms with Crippen LogP contribution in [0.4, 0.5) is 19.0 Å². The van der Waals surface area contributed by atoms with Crippen molar-refractivity contribution in [3.8, 4) is 0 Å². The number of carbonyl (C=O) groups is 1. The van der Waals surface area contributed by atoms with E-state index in [0.717, 1.165) is 12.1 Å². The Hall–Kier alpha value is -1.79. The van der Waals surface area contributed by atoms with Crippen molar-refractivity contribution in [1.82, 2.24) is 4.98 Å². The average molecular weight is 275 g/mol. The van der Waals surface area contributed by atoms with Gasteiger partial charge < -0.3 is 11.1 Å². The maximum atomic E-state index is 12.6. The highest BCUT2D eigenvalue weighted by molar-refractivity contribution is 5.97. The predicted molar refractivity (Wildman–Crippen MR) is 65.7 cm³/mol. The minimum Gasteiger partial charge on any atom is -0.367 e. The van der Waals surface area contributed by atoms with E-state index in [-0.39, 0.29) is 17.4 Å². The van der Waals surface area contributed by atoms with Gasteiger partial charge in [0.1, 0.15) is 11.5 Å². The number of carbonyl (C=O) groups excluding carboxylic acids is 1. The molecule has 19 heavy (non-hydrogen) atoms. The van der Waals surface area contributed by atoms with E-state index in [1.165, 1.54) is 0 Å². The molecule has 0 unspecified atom stereocenters. The Morgan fingerprint density at radius 1 is 1.37 bits per heavy atom. The fourth-order valence-corrected chi connectivity index (χ4v) is 1.61. The summed E-state index contributed by atoms with van der Waals surface area (Å²) in [6.45, 7) is 3.78. The molecule has 7 heteroatoms. The van der Waals surface area contributed by atoms with Crippen LogP contribution in [-0.2, 0) is 6.18 Å². The number of rotatable bonds is 5. The molecular weight excluding hydrogens is 259 g/mol. The maximum absolute atomic E-state index is 12.6. The van der Waals surface area contributed by atoms with Gasteiger partial charge in [-0.25, -0.2) is 4.98 Å². The van der Waals surface area contributed by atoms with Crippen LogP contribution in [0.5, 0.6) is 0 Å². The monoisotopic (exact) mass is 275 g/mol. The highest BCUT2D eigenvalue weighted by Crippen LogP contribution is 2.29. The van der Waals surface area contributed by atoms with Crippen molar-refractivity contribution >= 4 is 11.7 Å². The predicted octanol–water partition coefficient (Wildman–Crippen LogP) is 2.80. The smallest absolute Gasteiger partial charge is 0.367 e. The standard InChI is InChI=1S/C12H16F3N3O/c1-3-7(4-2)17-11-8(10(16)19)5-6-9(18-11)12(13,14)15/h5-7H,3-4H2,1-2H3,(H2,16,19)(H,17,18). The lowest BCUT2D eigenvalue weighted by Crippen LogP contribution is -2.23. The van der Waals surface area contributed by atoms with E-state index in [4.69, 9.17) is 5.73 Å². The summed E-state index contributed by atoms with van der Waals surface area (Å²) in [5.41, 5.74) is 4.04. The number of primary amides is 1. The Balaban J connectivity index is 3.19. The second kappa shape index (κ2) is 5.90. The Morgan fingerprint density at radius 3 is 2.37 bits per heavy atom. The van der Waals surface area contributed by atoms with Crippen LogP contribution in [0.25, 0.3) is 0 Å². The van der Waals surface area contributed by atoms with E-state index in [1.807, 2.05) is 13.8 Å². The number of nitrogens with one attached hydrogen (secondary N) is 1. The van der Waals surface area contributed by atoms with Gasteiger partial charge >= 0.3 is 6.18 Å². The third-order valence-corrected chi connectivity index (χ3v) is 2.78. The number of nitrogens with zero attached hydrogens (tertiary/aromatic N) is 1. The van der Waals surface area contributed by atoms with Crippen LogP contribution in [0.3, 0.4) is 0 Å². The molecule has 0 aliphatic heterocycles. The molecule has 0 spiro atoms. The second-order valence-corrected chi connectivity index (χ2v) is 4.11.